The molecule has 2 heterocycles. The van der Waals surface area contributed by atoms with Crippen molar-refractivity contribution in [2.45, 2.75) is 26.7 Å². The fourth-order valence-electron chi connectivity index (χ4n) is 4.22. The van der Waals surface area contributed by atoms with E-state index in [-0.39, 0.29) is 17.8 Å². The van der Waals surface area contributed by atoms with Crippen molar-refractivity contribution in [3.05, 3.63) is 66.0 Å². The number of rotatable bonds is 9. The molecule has 0 atom stereocenters. The Labute approximate surface area is 224 Å². The van der Waals surface area contributed by atoms with Crippen molar-refractivity contribution in [1.29, 1.82) is 0 Å². The zero-order valence-corrected chi connectivity index (χ0v) is 21.7. The molecule has 196 valence electrons. The zero-order chi connectivity index (χ0) is 26.9. The number of piperazine rings is 1. The summed E-state index contributed by atoms with van der Waals surface area (Å²) in [5.74, 6) is 0.907. The van der Waals surface area contributed by atoms with E-state index in [4.69, 9.17) is 12.6 Å². The highest BCUT2D eigenvalue weighted by molar-refractivity contribution is 6.08. The van der Waals surface area contributed by atoms with Crippen molar-refractivity contribution in [3.63, 3.8) is 0 Å². The number of ether oxygens (including phenoxy) is 1. The number of nitrogens with zero attached hydrogens (tertiary/aromatic N) is 4. The first-order valence-corrected chi connectivity index (χ1v) is 12.6. The first-order chi connectivity index (χ1) is 18.4. The predicted octanol–water partition coefficient (Wildman–Crippen LogP) is 3.68. The number of carbonyl (C=O) groups is 2. The van der Waals surface area contributed by atoms with E-state index in [9.17, 15) is 9.59 Å². The highest BCUT2D eigenvalue weighted by atomic mass is 16.5. The van der Waals surface area contributed by atoms with Gasteiger partial charge in [0.2, 0.25) is 11.8 Å². The molecule has 11 heteroatoms. The third-order valence-corrected chi connectivity index (χ3v) is 6.27. The number of urea groups is 1. The van der Waals surface area contributed by atoms with Gasteiger partial charge in [-0.2, -0.15) is 0 Å². The van der Waals surface area contributed by atoms with Crippen LogP contribution in [0, 0.1) is 0 Å². The van der Waals surface area contributed by atoms with Crippen LogP contribution in [0.4, 0.5) is 22.0 Å². The molecule has 0 aliphatic carbocycles. The minimum absolute atomic E-state index is 0.236. The Bertz CT molecular complexity index is 1250. The summed E-state index contributed by atoms with van der Waals surface area (Å²) in [4.78, 5) is 36.7. The molecule has 3 N–H and O–H groups in total. The maximum absolute atomic E-state index is 12.6. The van der Waals surface area contributed by atoms with Crippen LogP contribution in [0.1, 0.15) is 25.0 Å². The summed E-state index contributed by atoms with van der Waals surface area (Å²) in [6.45, 7) is 9.79. The smallest absolute Gasteiger partial charge is 0.323 e. The minimum Gasteiger partial charge on any atom is -0.439 e. The van der Waals surface area contributed by atoms with Crippen molar-refractivity contribution < 1.29 is 14.3 Å². The lowest BCUT2D eigenvalue weighted by Gasteiger charge is -2.34. The molecule has 1 aliphatic rings. The van der Waals surface area contributed by atoms with Gasteiger partial charge in [0.25, 0.3) is 0 Å². The number of carbonyl (C=O) groups excluding carboxylic acids is 2. The fourth-order valence-corrected chi connectivity index (χ4v) is 4.22. The molecule has 4 rings (SSSR count). The van der Waals surface area contributed by atoms with Crippen LogP contribution in [0.5, 0.6) is 11.6 Å². The minimum atomic E-state index is -0.360. The van der Waals surface area contributed by atoms with Gasteiger partial charge < -0.3 is 25.6 Å². The van der Waals surface area contributed by atoms with E-state index in [1.165, 1.54) is 24.9 Å². The summed E-state index contributed by atoms with van der Waals surface area (Å²) < 4.78 is 5.71. The Morgan fingerprint density at radius 1 is 0.895 bits per heavy atom. The molecule has 0 saturated carbocycles. The lowest BCUT2D eigenvalue weighted by atomic mass is 9.92. The average Bonchev–Trinajstić information content (AvgIpc) is 2.91. The number of hydrogen-bond acceptors (Lipinski definition) is 7. The zero-order valence-electron chi connectivity index (χ0n) is 21.7. The molecule has 2 radical (unpaired) electrons. The van der Waals surface area contributed by atoms with Crippen LogP contribution in [0.25, 0.3) is 0 Å². The molecule has 0 bridgehead atoms. The molecule has 3 aromatic rings. The summed E-state index contributed by atoms with van der Waals surface area (Å²) in [7, 11) is 6.03. The number of benzene rings is 2. The molecule has 1 saturated heterocycles. The van der Waals surface area contributed by atoms with E-state index in [1.54, 1.807) is 24.3 Å². The van der Waals surface area contributed by atoms with E-state index < -0.39 is 0 Å². The van der Waals surface area contributed by atoms with Gasteiger partial charge in [-0.1, -0.05) is 24.9 Å². The Hall–Kier alpha value is -3.96. The van der Waals surface area contributed by atoms with Crippen LogP contribution >= 0.6 is 0 Å². The van der Waals surface area contributed by atoms with Gasteiger partial charge in [0.05, 0.1) is 7.85 Å². The second-order valence-corrected chi connectivity index (χ2v) is 9.03. The van der Waals surface area contributed by atoms with Gasteiger partial charge in [-0.15, -0.1) is 0 Å². The van der Waals surface area contributed by atoms with Crippen LogP contribution in [0.3, 0.4) is 0 Å². The average molecular weight is 513 g/mol. The van der Waals surface area contributed by atoms with E-state index in [1.807, 2.05) is 18.2 Å². The summed E-state index contributed by atoms with van der Waals surface area (Å²) in [6.07, 6.45) is 1.71. The van der Waals surface area contributed by atoms with Gasteiger partial charge in [-0.3, -0.25) is 9.69 Å². The molecule has 38 heavy (non-hydrogen) atoms. The second kappa shape index (κ2) is 13.0. The largest absolute Gasteiger partial charge is 0.439 e. The number of likely N-dealkylation sites (N-methyl/N-ethyl adjacent to an activating group) is 1. The number of nitrogens with one attached hydrogen (secondary N) is 3. The van der Waals surface area contributed by atoms with Crippen molar-refractivity contribution in [3.8, 4) is 11.6 Å². The molecule has 3 amide bonds. The third kappa shape index (κ3) is 7.77. The highest BCUT2D eigenvalue weighted by Gasteiger charge is 2.17. The maximum Gasteiger partial charge on any atom is 0.323 e. The molecule has 10 nitrogen and oxygen atoms in total. The maximum atomic E-state index is 12.6. The lowest BCUT2D eigenvalue weighted by Crippen LogP contribution is -2.45. The van der Waals surface area contributed by atoms with E-state index in [0.717, 1.165) is 44.8 Å². The number of amides is 3. The Morgan fingerprint density at radius 3 is 2.26 bits per heavy atom. The Balaban J connectivity index is 1.30. The molecular formula is C27H32BN7O3. The van der Waals surface area contributed by atoms with Crippen molar-refractivity contribution >= 4 is 37.0 Å². The fraction of sp³-hybridized carbons (Fsp3) is 0.333. The van der Waals surface area contributed by atoms with Crippen LogP contribution < -0.4 is 20.7 Å². The first kappa shape index (κ1) is 27.1. The molecule has 1 fully saturated rings. The third-order valence-electron chi connectivity index (χ3n) is 6.27. The van der Waals surface area contributed by atoms with Crippen molar-refractivity contribution in [1.82, 2.24) is 19.8 Å². The molecular weight excluding hydrogens is 481 g/mol. The number of aromatic nitrogens is 2. The monoisotopic (exact) mass is 513 g/mol. The van der Waals surface area contributed by atoms with E-state index in [0.29, 0.717) is 29.3 Å². The lowest BCUT2D eigenvalue weighted by molar-refractivity contribution is -0.114. The van der Waals surface area contributed by atoms with Crippen molar-refractivity contribution in [2.75, 3.05) is 48.7 Å². The molecule has 0 unspecified atom stereocenters. The van der Waals surface area contributed by atoms with Gasteiger partial charge in [0.15, 0.2) is 0 Å². The highest BCUT2D eigenvalue weighted by Crippen LogP contribution is 2.23. The van der Waals surface area contributed by atoms with Crippen LogP contribution in [0.15, 0.2) is 54.9 Å². The van der Waals surface area contributed by atoms with Crippen LogP contribution in [-0.2, 0) is 17.7 Å². The van der Waals surface area contributed by atoms with Gasteiger partial charge in [0, 0.05) is 57.1 Å². The molecule has 0 spiro atoms. The Kier molecular flexibility index (Phi) is 9.28. The van der Waals surface area contributed by atoms with Crippen LogP contribution in [0.2, 0.25) is 0 Å². The van der Waals surface area contributed by atoms with Gasteiger partial charge in [-0.25, -0.2) is 14.8 Å². The van der Waals surface area contributed by atoms with E-state index in [2.05, 4.69) is 42.6 Å². The Morgan fingerprint density at radius 2 is 1.58 bits per heavy atom. The van der Waals surface area contributed by atoms with Crippen LogP contribution in [-0.4, -0.2) is 72.3 Å². The number of anilines is 3. The summed E-state index contributed by atoms with van der Waals surface area (Å²) in [6, 6.07) is 13.9. The van der Waals surface area contributed by atoms with Gasteiger partial charge in [0.1, 0.15) is 17.9 Å². The second-order valence-electron chi connectivity index (χ2n) is 9.03. The van der Waals surface area contributed by atoms with Gasteiger partial charge >= 0.3 is 6.03 Å². The predicted molar refractivity (Wildman–Crippen MR) is 149 cm³/mol. The van der Waals surface area contributed by atoms with Gasteiger partial charge in [-0.05, 0) is 48.5 Å². The van der Waals surface area contributed by atoms with E-state index >= 15 is 0 Å². The van der Waals surface area contributed by atoms with Crippen molar-refractivity contribution in [2.24, 2.45) is 0 Å². The molecule has 1 aliphatic heterocycles. The molecule has 2 aromatic carbocycles. The SMILES string of the molecule is [B]Cc1cc(NC(=O)Nc2ccc(Oc3cc(NC(C)=O)ncn3)cc2)ccc1CN1CCN(CC)CC1. The standard InChI is InChI=1S/C27H32BN7O3/c1-3-34-10-12-35(13-11-34)17-20-4-5-23(14-21(20)16-28)33-27(37)32-22-6-8-24(9-7-22)38-26-15-25(29-18-30-26)31-19(2)36/h4-9,14-15,18H,3,10-13,16-17H2,1-2H3,(H2,32,33,37)(H,29,30,31,36). The topological polar surface area (TPSA) is 112 Å². The summed E-state index contributed by atoms with van der Waals surface area (Å²) >= 11 is 0. The summed E-state index contributed by atoms with van der Waals surface area (Å²) in [5, 5.41) is 8.27. The quantitative estimate of drug-likeness (QED) is 0.375. The normalized spacial score (nSPS) is 14.1. The first-order valence-electron chi connectivity index (χ1n) is 12.6. The summed E-state index contributed by atoms with van der Waals surface area (Å²) in [5.41, 5.74) is 3.49. The molecule has 1 aromatic heterocycles. The number of hydrogen-bond donors (Lipinski definition) is 3.